The van der Waals surface area contributed by atoms with Crippen molar-refractivity contribution in [3.05, 3.63) is 29.8 Å². The van der Waals surface area contributed by atoms with E-state index in [4.69, 9.17) is 4.74 Å². The average molecular weight is 273 g/mol. The molecule has 0 atom stereocenters. The largest absolute Gasteiger partial charge is 0.450 e. The lowest BCUT2D eigenvalue weighted by Gasteiger charge is -2.07. The van der Waals surface area contributed by atoms with Gasteiger partial charge in [-0.05, 0) is 24.6 Å². The highest BCUT2D eigenvalue weighted by Gasteiger charge is 2.05. The number of carbonyl (C=O) groups is 1. The van der Waals surface area contributed by atoms with Gasteiger partial charge in [0.05, 0.1) is 19.5 Å². The molecule has 1 aromatic carbocycles. The van der Waals surface area contributed by atoms with Crippen LogP contribution in [-0.2, 0) is 25.6 Å². The van der Waals surface area contributed by atoms with Gasteiger partial charge in [0.25, 0.3) is 10.1 Å². The predicted octanol–water partition coefficient (Wildman–Crippen LogP) is 1.73. The van der Waals surface area contributed by atoms with Crippen LogP contribution in [0, 0.1) is 0 Å². The Balaban J connectivity index is 2.65. The third-order valence-electron chi connectivity index (χ3n) is 1.89. The summed E-state index contributed by atoms with van der Waals surface area (Å²) in [5.41, 5.74) is 1.15. The topological polar surface area (TPSA) is 81.7 Å². The molecule has 0 aromatic heterocycles. The van der Waals surface area contributed by atoms with Gasteiger partial charge in [-0.3, -0.25) is 9.50 Å². The number of rotatable bonds is 5. The zero-order valence-electron chi connectivity index (χ0n) is 10.2. The van der Waals surface area contributed by atoms with Gasteiger partial charge < -0.3 is 4.74 Å². The van der Waals surface area contributed by atoms with Gasteiger partial charge in [-0.2, -0.15) is 8.42 Å². The minimum absolute atomic E-state index is 0.0722. The summed E-state index contributed by atoms with van der Waals surface area (Å²) in [7, 11) is -3.48. The first kappa shape index (κ1) is 14.5. The van der Waals surface area contributed by atoms with Crippen molar-refractivity contribution < 1.29 is 22.1 Å². The highest BCUT2D eigenvalue weighted by molar-refractivity contribution is 7.85. The molecule has 0 fully saturated rings. The van der Waals surface area contributed by atoms with E-state index >= 15 is 0 Å². The summed E-state index contributed by atoms with van der Waals surface area (Å²) in [5.74, 6) is 0. The highest BCUT2D eigenvalue weighted by atomic mass is 32.2. The Bertz CT molecular complexity index is 512. The number of hydrogen-bond donors (Lipinski definition) is 1. The van der Waals surface area contributed by atoms with E-state index in [0.717, 1.165) is 6.26 Å². The molecular formula is C11H15NO5S. The van der Waals surface area contributed by atoms with Crippen molar-refractivity contribution in [3.63, 3.8) is 0 Å². The van der Waals surface area contributed by atoms with Gasteiger partial charge in [-0.25, -0.2) is 4.79 Å². The SMILES string of the molecule is CCOC(=O)Nc1cccc(COS(C)(=O)=O)c1. The van der Waals surface area contributed by atoms with E-state index in [1.54, 1.807) is 31.2 Å². The van der Waals surface area contributed by atoms with E-state index in [-0.39, 0.29) is 13.2 Å². The summed E-state index contributed by atoms with van der Waals surface area (Å²) in [6.07, 6.45) is 0.423. The molecule has 0 heterocycles. The molecule has 6 nitrogen and oxygen atoms in total. The molecule has 1 aromatic rings. The van der Waals surface area contributed by atoms with Crippen LogP contribution in [0.2, 0.25) is 0 Å². The standard InChI is InChI=1S/C11H15NO5S/c1-3-16-11(13)12-10-6-4-5-9(7-10)8-17-18(2,14)15/h4-7H,3,8H2,1-2H3,(H,12,13). The number of anilines is 1. The van der Waals surface area contributed by atoms with E-state index in [1.807, 2.05) is 0 Å². The Morgan fingerprint density at radius 2 is 2.11 bits per heavy atom. The zero-order chi connectivity index (χ0) is 13.6. The zero-order valence-corrected chi connectivity index (χ0v) is 11.0. The third-order valence-corrected chi connectivity index (χ3v) is 2.43. The second kappa shape index (κ2) is 6.36. The van der Waals surface area contributed by atoms with Gasteiger partial charge in [-0.15, -0.1) is 0 Å². The third kappa shape index (κ3) is 5.65. The Labute approximate surface area is 106 Å². The molecule has 7 heteroatoms. The normalized spacial score (nSPS) is 11.0. The van der Waals surface area contributed by atoms with Crippen LogP contribution < -0.4 is 5.32 Å². The molecule has 0 aliphatic rings. The van der Waals surface area contributed by atoms with E-state index in [1.165, 1.54) is 0 Å². The molecule has 0 unspecified atom stereocenters. The number of nitrogens with one attached hydrogen (secondary N) is 1. The van der Waals surface area contributed by atoms with E-state index < -0.39 is 16.2 Å². The van der Waals surface area contributed by atoms with Gasteiger partial charge >= 0.3 is 6.09 Å². The van der Waals surface area contributed by atoms with Crippen molar-refractivity contribution in [2.45, 2.75) is 13.5 Å². The van der Waals surface area contributed by atoms with Crippen LogP contribution in [0.3, 0.4) is 0 Å². The fourth-order valence-corrected chi connectivity index (χ4v) is 1.55. The number of benzene rings is 1. The smallest absolute Gasteiger partial charge is 0.411 e. The summed E-state index contributed by atoms with van der Waals surface area (Å²) in [6, 6.07) is 6.66. The molecule has 0 bridgehead atoms. The lowest BCUT2D eigenvalue weighted by Crippen LogP contribution is -2.13. The molecule has 0 saturated carbocycles. The molecule has 0 spiro atoms. The van der Waals surface area contributed by atoms with Crippen LogP contribution in [0.4, 0.5) is 10.5 Å². The summed E-state index contributed by atoms with van der Waals surface area (Å²) < 4.78 is 31.1. The lowest BCUT2D eigenvalue weighted by molar-refractivity contribution is 0.168. The fraction of sp³-hybridized carbons (Fsp3) is 0.364. The van der Waals surface area contributed by atoms with Gasteiger partial charge in [0.1, 0.15) is 0 Å². The van der Waals surface area contributed by atoms with Crippen molar-refractivity contribution in [1.29, 1.82) is 0 Å². The van der Waals surface area contributed by atoms with E-state index in [0.29, 0.717) is 11.3 Å². The van der Waals surface area contributed by atoms with Crippen molar-refractivity contribution in [3.8, 4) is 0 Å². The first-order chi connectivity index (χ1) is 8.40. The summed E-state index contributed by atoms with van der Waals surface area (Å²) in [4.78, 5) is 11.2. The van der Waals surface area contributed by atoms with Crippen LogP contribution in [0.5, 0.6) is 0 Å². The molecule has 18 heavy (non-hydrogen) atoms. The maximum atomic E-state index is 11.2. The summed E-state index contributed by atoms with van der Waals surface area (Å²) in [6.45, 7) is 1.91. The maximum absolute atomic E-state index is 11.2. The maximum Gasteiger partial charge on any atom is 0.411 e. The molecule has 1 amide bonds. The molecule has 0 radical (unpaired) electrons. The number of hydrogen-bond acceptors (Lipinski definition) is 5. The quantitative estimate of drug-likeness (QED) is 0.826. The molecule has 0 saturated heterocycles. The van der Waals surface area contributed by atoms with Crippen molar-refractivity contribution in [1.82, 2.24) is 0 Å². The van der Waals surface area contributed by atoms with E-state index in [2.05, 4.69) is 9.50 Å². The van der Waals surface area contributed by atoms with Gasteiger partial charge in [0.2, 0.25) is 0 Å². The highest BCUT2D eigenvalue weighted by Crippen LogP contribution is 2.12. The number of amides is 1. The summed E-state index contributed by atoms with van der Waals surface area (Å²) >= 11 is 0. The first-order valence-electron chi connectivity index (χ1n) is 5.28. The first-order valence-corrected chi connectivity index (χ1v) is 7.09. The van der Waals surface area contributed by atoms with Crippen molar-refractivity contribution >= 4 is 21.9 Å². The second-order valence-electron chi connectivity index (χ2n) is 3.51. The monoisotopic (exact) mass is 273 g/mol. The fourth-order valence-electron chi connectivity index (χ4n) is 1.20. The Morgan fingerprint density at radius 3 is 2.72 bits per heavy atom. The number of carbonyl (C=O) groups excluding carboxylic acids is 1. The minimum atomic E-state index is -3.48. The Morgan fingerprint density at radius 1 is 1.39 bits per heavy atom. The van der Waals surface area contributed by atoms with Gasteiger partial charge in [0, 0.05) is 5.69 Å². The van der Waals surface area contributed by atoms with Crippen molar-refractivity contribution in [2.75, 3.05) is 18.2 Å². The molecule has 0 aliphatic carbocycles. The second-order valence-corrected chi connectivity index (χ2v) is 5.16. The Hall–Kier alpha value is -1.60. The van der Waals surface area contributed by atoms with Crippen LogP contribution in [0.25, 0.3) is 0 Å². The molecule has 100 valence electrons. The lowest BCUT2D eigenvalue weighted by atomic mass is 10.2. The average Bonchev–Trinajstić information content (AvgIpc) is 2.26. The van der Waals surface area contributed by atoms with Crippen LogP contribution in [0.15, 0.2) is 24.3 Å². The molecule has 1 N–H and O–H groups in total. The van der Waals surface area contributed by atoms with Crippen LogP contribution in [0.1, 0.15) is 12.5 Å². The Kier molecular flexibility index (Phi) is 5.11. The minimum Gasteiger partial charge on any atom is -0.450 e. The summed E-state index contributed by atoms with van der Waals surface area (Å²) in [5, 5.41) is 2.51. The molecular weight excluding hydrogens is 258 g/mol. The molecule has 0 aliphatic heterocycles. The number of ether oxygens (including phenoxy) is 1. The van der Waals surface area contributed by atoms with E-state index in [9.17, 15) is 13.2 Å². The van der Waals surface area contributed by atoms with Crippen LogP contribution >= 0.6 is 0 Å². The predicted molar refractivity (Wildman–Crippen MR) is 66.7 cm³/mol. The van der Waals surface area contributed by atoms with Gasteiger partial charge in [-0.1, -0.05) is 12.1 Å². The van der Waals surface area contributed by atoms with Gasteiger partial charge in [0.15, 0.2) is 0 Å². The van der Waals surface area contributed by atoms with Crippen LogP contribution in [-0.4, -0.2) is 27.4 Å². The van der Waals surface area contributed by atoms with Crippen molar-refractivity contribution in [2.24, 2.45) is 0 Å². The molecule has 1 rings (SSSR count).